The zero-order valence-electron chi connectivity index (χ0n) is 12.3. The van der Waals surface area contributed by atoms with Crippen LogP contribution in [0.3, 0.4) is 0 Å². The summed E-state index contributed by atoms with van der Waals surface area (Å²) in [5.41, 5.74) is 5.64. The third-order valence-corrected chi connectivity index (χ3v) is 3.60. The maximum absolute atomic E-state index is 11.9. The lowest BCUT2D eigenvalue weighted by molar-refractivity contribution is -0.144. The molecule has 10 heteroatoms. The summed E-state index contributed by atoms with van der Waals surface area (Å²) in [5.74, 6) is -0.370. The Bertz CT molecular complexity index is 340. The molecule has 0 amide bonds. The van der Waals surface area contributed by atoms with Crippen molar-refractivity contribution in [1.82, 2.24) is 0 Å². The number of rotatable bonds is 12. The van der Waals surface area contributed by atoms with Gasteiger partial charge in [0.25, 0.3) is 0 Å². The van der Waals surface area contributed by atoms with Crippen LogP contribution in [0.4, 0.5) is 0 Å². The number of aliphatic hydroxyl groups is 2. The normalized spacial score (nSPS) is 17.0. The highest BCUT2D eigenvalue weighted by atomic mass is 31.2. The third-order valence-electron chi connectivity index (χ3n) is 2.22. The Kier molecular flexibility index (Phi) is 10.8. The second kappa shape index (κ2) is 11.1. The molecule has 0 heterocycles. The molecule has 0 fully saturated rings. The monoisotopic (exact) mass is 329 g/mol. The molecular weight excluding hydrogens is 305 g/mol. The van der Waals surface area contributed by atoms with Crippen LogP contribution in [-0.4, -0.2) is 61.9 Å². The lowest BCUT2D eigenvalue weighted by Gasteiger charge is -2.19. The van der Waals surface area contributed by atoms with E-state index in [1.54, 1.807) is 0 Å². The van der Waals surface area contributed by atoms with E-state index >= 15 is 0 Å². The largest absolute Gasteiger partial charge is 0.474 e. The first-order chi connectivity index (χ1) is 9.86. The van der Waals surface area contributed by atoms with Crippen LogP contribution in [0.2, 0.25) is 0 Å². The van der Waals surface area contributed by atoms with Crippen LogP contribution >= 0.6 is 7.82 Å². The zero-order chi connectivity index (χ0) is 16.3. The first-order valence-corrected chi connectivity index (χ1v) is 7.97. The molecule has 0 aliphatic carbocycles. The maximum atomic E-state index is 11.9. The van der Waals surface area contributed by atoms with Crippen LogP contribution in [0, 0.1) is 0 Å². The molecule has 21 heavy (non-hydrogen) atoms. The third kappa shape index (κ3) is 9.92. The summed E-state index contributed by atoms with van der Waals surface area (Å²) in [4.78, 5) is 11.1. The first-order valence-electron chi connectivity index (χ1n) is 6.51. The van der Waals surface area contributed by atoms with Crippen LogP contribution < -0.4 is 5.73 Å². The van der Waals surface area contributed by atoms with Crippen molar-refractivity contribution < 1.29 is 37.9 Å². The van der Waals surface area contributed by atoms with Crippen molar-refractivity contribution in [2.45, 2.75) is 31.9 Å². The zero-order valence-corrected chi connectivity index (χ0v) is 13.2. The molecule has 0 radical (unpaired) electrons. The van der Waals surface area contributed by atoms with Crippen LogP contribution in [-0.2, 0) is 27.7 Å². The van der Waals surface area contributed by atoms with E-state index in [4.69, 9.17) is 29.7 Å². The second-order valence-electron chi connectivity index (χ2n) is 4.25. The Hall–Kier alpha value is -0.540. The Morgan fingerprint density at radius 3 is 2.43 bits per heavy atom. The maximum Gasteiger partial charge on any atom is 0.474 e. The number of esters is 1. The molecule has 0 rings (SSSR count). The van der Waals surface area contributed by atoms with Gasteiger partial charge in [-0.1, -0.05) is 6.92 Å². The molecule has 0 saturated heterocycles. The van der Waals surface area contributed by atoms with E-state index in [9.17, 15) is 9.36 Å². The van der Waals surface area contributed by atoms with E-state index in [0.29, 0.717) is 12.8 Å². The van der Waals surface area contributed by atoms with Crippen molar-refractivity contribution in [2.24, 2.45) is 5.73 Å². The van der Waals surface area contributed by atoms with Gasteiger partial charge in [0.15, 0.2) is 0 Å². The van der Waals surface area contributed by atoms with Crippen molar-refractivity contribution >= 4 is 13.8 Å². The van der Waals surface area contributed by atoms with Gasteiger partial charge in [-0.25, -0.2) is 4.57 Å². The van der Waals surface area contributed by atoms with Crippen LogP contribution in [0.5, 0.6) is 0 Å². The number of phosphoric ester groups is 1. The van der Waals surface area contributed by atoms with Gasteiger partial charge in [0.05, 0.1) is 25.9 Å². The van der Waals surface area contributed by atoms with E-state index in [1.807, 2.05) is 6.92 Å². The Morgan fingerprint density at radius 1 is 1.29 bits per heavy atom. The Balaban J connectivity index is 4.07. The summed E-state index contributed by atoms with van der Waals surface area (Å²) in [6, 6.07) is -0.694. The minimum Gasteiger partial charge on any atom is -0.464 e. The number of ether oxygens (including phenoxy) is 1. The lowest BCUT2D eigenvalue weighted by atomic mass is 10.3. The summed E-state index contributed by atoms with van der Waals surface area (Å²) in [6.07, 6.45) is -0.225. The molecule has 3 unspecified atom stereocenters. The molecule has 0 saturated carbocycles. The second-order valence-corrected chi connectivity index (χ2v) is 6.03. The van der Waals surface area contributed by atoms with Gasteiger partial charge in [-0.05, 0) is 6.42 Å². The quantitative estimate of drug-likeness (QED) is 0.328. The number of carbonyl (C=O) groups excluding carboxylic acids is 1. The highest BCUT2D eigenvalue weighted by molar-refractivity contribution is 7.48. The molecular formula is C11H24NO8P. The standard InChI is InChI=1S/C11H24NO8P/c1-3-4-11(15)18-6-9(12)7-19-21(16,17-2)20-8-10(14)5-13/h9-10,13-14H,3-8,12H2,1-2H3. The molecule has 0 bridgehead atoms. The predicted octanol–water partition coefficient (Wildman–Crippen LogP) is -0.202. The number of carbonyl (C=O) groups is 1. The van der Waals surface area contributed by atoms with Crippen LogP contribution in [0.1, 0.15) is 19.8 Å². The summed E-state index contributed by atoms with van der Waals surface area (Å²) in [7, 11) is -2.76. The van der Waals surface area contributed by atoms with Gasteiger partial charge in [0.1, 0.15) is 12.7 Å². The van der Waals surface area contributed by atoms with E-state index in [1.165, 1.54) is 0 Å². The van der Waals surface area contributed by atoms with Crippen molar-refractivity contribution in [3.63, 3.8) is 0 Å². The van der Waals surface area contributed by atoms with Gasteiger partial charge in [-0.15, -0.1) is 0 Å². The van der Waals surface area contributed by atoms with Crippen molar-refractivity contribution in [2.75, 3.05) is 33.5 Å². The van der Waals surface area contributed by atoms with E-state index in [-0.39, 0.29) is 19.2 Å². The van der Waals surface area contributed by atoms with E-state index in [2.05, 4.69) is 4.52 Å². The van der Waals surface area contributed by atoms with Gasteiger partial charge < -0.3 is 20.7 Å². The van der Waals surface area contributed by atoms with Crippen molar-refractivity contribution in [3.05, 3.63) is 0 Å². The molecule has 0 aliphatic rings. The highest BCUT2D eigenvalue weighted by Crippen LogP contribution is 2.48. The average molecular weight is 329 g/mol. The topological polar surface area (TPSA) is 138 Å². The van der Waals surface area contributed by atoms with Gasteiger partial charge in [-0.2, -0.15) is 0 Å². The predicted molar refractivity (Wildman–Crippen MR) is 73.5 cm³/mol. The summed E-state index contributed by atoms with van der Waals surface area (Å²) >= 11 is 0. The number of aliphatic hydroxyl groups excluding tert-OH is 2. The van der Waals surface area contributed by atoms with E-state index < -0.39 is 33.2 Å². The molecule has 0 aromatic heterocycles. The molecule has 126 valence electrons. The van der Waals surface area contributed by atoms with Crippen molar-refractivity contribution in [1.29, 1.82) is 0 Å². The molecule has 0 spiro atoms. The van der Waals surface area contributed by atoms with Gasteiger partial charge in [0, 0.05) is 13.5 Å². The fraction of sp³-hybridized carbons (Fsp3) is 0.909. The summed E-state index contributed by atoms with van der Waals surface area (Å²) in [5, 5.41) is 17.7. The fourth-order valence-corrected chi connectivity index (χ4v) is 2.10. The van der Waals surface area contributed by atoms with Crippen molar-refractivity contribution in [3.8, 4) is 0 Å². The minimum absolute atomic E-state index is 0.0815. The van der Waals surface area contributed by atoms with Gasteiger partial charge in [0.2, 0.25) is 0 Å². The number of nitrogens with two attached hydrogens (primary N) is 1. The molecule has 0 aromatic carbocycles. The van der Waals surface area contributed by atoms with Gasteiger partial charge >= 0.3 is 13.8 Å². The highest BCUT2D eigenvalue weighted by Gasteiger charge is 2.27. The molecule has 0 aliphatic heterocycles. The number of phosphoric acid groups is 1. The van der Waals surface area contributed by atoms with Crippen LogP contribution in [0.15, 0.2) is 0 Å². The minimum atomic E-state index is -3.87. The lowest BCUT2D eigenvalue weighted by Crippen LogP contribution is -2.32. The Morgan fingerprint density at radius 2 is 1.90 bits per heavy atom. The van der Waals surface area contributed by atoms with E-state index in [0.717, 1.165) is 7.11 Å². The molecule has 3 atom stereocenters. The summed E-state index contributed by atoms with van der Waals surface area (Å²) in [6.45, 7) is 0.581. The Labute approximate surface area is 123 Å². The summed E-state index contributed by atoms with van der Waals surface area (Å²) < 4.78 is 31.1. The first kappa shape index (κ1) is 20.5. The average Bonchev–Trinajstić information content (AvgIpc) is 2.48. The smallest absolute Gasteiger partial charge is 0.464 e. The SMILES string of the molecule is CCCC(=O)OCC(N)COP(=O)(OC)OCC(O)CO. The van der Waals surface area contributed by atoms with Crippen LogP contribution in [0.25, 0.3) is 0 Å². The van der Waals surface area contributed by atoms with Gasteiger partial charge in [-0.3, -0.25) is 18.4 Å². The number of hydrogen-bond acceptors (Lipinski definition) is 9. The molecule has 9 nitrogen and oxygen atoms in total. The number of hydrogen-bond donors (Lipinski definition) is 3. The molecule has 4 N–H and O–H groups in total. The molecule has 0 aromatic rings. The fourth-order valence-electron chi connectivity index (χ4n) is 1.08.